The van der Waals surface area contributed by atoms with E-state index in [9.17, 15) is 4.79 Å². The van der Waals surface area contributed by atoms with Crippen molar-refractivity contribution in [3.05, 3.63) is 29.3 Å². The molecule has 0 radical (unpaired) electrons. The summed E-state index contributed by atoms with van der Waals surface area (Å²) in [4.78, 5) is 11.0. The zero-order valence-electron chi connectivity index (χ0n) is 9.40. The minimum atomic E-state index is -0.923. The molecule has 86 valence electrons. The second-order valence-electron chi connectivity index (χ2n) is 4.33. The second kappa shape index (κ2) is 4.56. The second-order valence-corrected chi connectivity index (χ2v) is 4.33. The Balaban J connectivity index is 2.22. The standard InChI is InChI=1S/C13H16O3/c1-9-6-7-11(13(14)15)12(8-9)16-10-4-2-3-5-10/h6-8,10H,2-5H2,1H3,(H,14,15). The Morgan fingerprint density at radius 1 is 1.38 bits per heavy atom. The Morgan fingerprint density at radius 2 is 2.06 bits per heavy atom. The van der Waals surface area contributed by atoms with E-state index in [0.29, 0.717) is 5.75 Å². The van der Waals surface area contributed by atoms with Gasteiger partial charge in [0.15, 0.2) is 0 Å². The topological polar surface area (TPSA) is 46.5 Å². The molecule has 0 amide bonds. The summed E-state index contributed by atoms with van der Waals surface area (Å²) in [6, 6.07) is 5.22. The number of rotatable bonds is 3. The number of hydrogen-bond donors (Lipinski definition) is 1. The van der Waals surface area contributed by atoms with Crippen LogP contribution in [-0.2, 0) is 0 Å². The molecule has 1 aliphatic carbocycles. The van der Waals surface area contributed by atoms with Crippen molar-refractivity contribution in [2.75, 3.05) is 0 Å². The van der Waals surface area contributed by atoms with Gasteiger partial charge in [0.2, 0.25) is 0 Å². The molecule has 16 heavy (non-hydrogen) atoms. The molecule has 0 bridgehead atoms. The first-order valence-electron chi connectivity index (χ1n) is 5.67. The van der Waals surface area contributed by atoms with Gasteiger partial charge in [-0.25, -0.2) is 4.79 Å². The Labute approximate surface area is 95.0 Å². The molecule has 1 aliphatic rings. The van der Waals surface area contributed by atoms with Crippen molar-refractivity contribution in [1.29, 1.82) is 0 Å². The number of carboxylic acids is 1. The molecule has 3 heteroatoms. The first-order chi connectivity index (χ1) is 7.66. The summed E-state index contributed by atoms with van der Waals surface area (Å²) < 4.78 is 5.77. The zero-order valence-corrected chi connectivity index (χ0v) is 9.40. The Kier molecular flexibility index (Phi) is 3.13. The summed E-state index contributed by atoms with van der Waals surface area (Å²) >= 11 is 0. The molecule has 1 saturated carbocycles. The lowest BCUT2D eigenvalue weighted by Gasteiger charge is -2.15. The lowest BCUT2D eigenvalue weighted by molar-refractivity contribution is 0.0689. The monoisotopic (exact) mass is 220 g/mol. The molecule has 1 aromatic rings. The summed E-state index contributed by atoms with van der Waals surface area (Å²) in [5, 5.41) is 9.05. The molecule has 3 nitrogen and oxygen atoms in total. The van der Waals surface area contributed by atoms with Crippen LogP contribution in [-0.4, -0.2) is 17.2 Å². The van der Waals surface area contributed by atoms with Gasteiger partial charge < -0.3 is 9.84 Å². The largest absolute Gasteiger partial charge is 0.490 e. The van der Waals surface area contributed by atoms with Crippen LogP contribution in [0.25, 0.3) is 0 Å². The summed E-state index contributed by atoms with van der Waals surface area (Å²) in [6.45, 7) is 1.94. The molecule has 0 saturated heterocycles. The van der Waals surface area contributed by atoms with Crippen molar-refractivity contribution in [2.24, 2.45) is 0 Å². The average Bonchev–Trinajstić information content (AvgIpc) is 2.70. The molecule has 1 aromatic carbocycles. The third kappa shape index (κ3) is 2.35. The van der Waals surface area contributed by atoms with Gasteiger partial charge in [0.05, 0.1) is 6.10 Å². The van der Waals surface area contributed by atoms with E-state index < -0.39 is 5.97 Å². The van der Waals surface area contributed by atoms with E-state index in [-0.39, 0.29) is 11.7 Å². The van der Waals surface area contributed by atoms with Crippen molar-refractivity contribution < 1.29 is 14.6 Å². The third-order valence-electron chi connectivity index (χ3n) is 2.96. The molecule has 1 fully saturated rings. The molecule has 0 heterocycles. The van der Waals surface area contributed by atoms with E-state index in [1.807, 2.05) is 13.0 Å². The van der Waals surface area contributed by atoms with Gasteiger partial charge in [0.25, 0.3) is 0 Å². The zero-order chi connectivity index (χ0) is 11.5. The normalized spacial score (nSPS) is 16.3. The maximum Gasteiger partial charge on any atom is 0.339 e. The van der Waals surface area contributed by atoms with Crippen molar-refractivity contribution in [1.82, 2.24) is 0 Å². The number of carboxylic acid groups (broad SMARTS) is 1. The van der Waals surface area contributed by atoms with Gasteiger partial charge in [-0.3, -0.25) is 0 Å². The molecule has 0 aliphatic heterocycles. The van der Waals surface area contributed by atoms with Gasteiger partial charge in [-0.15, -0.1) is 0 Å². The minimum absolute atomic E-state index is 0.194. The average molecular weight is 220 g/mol. The van der Waals surface area contributed by atoms with Crippen LogP contribution in [0.4, 0.5) is 0 Å². The molecule has 2 rings (SSSR count). The highest BCUT2D eigenvalue weighted by Crippen LogP contribution is 2.27. The summed E-state index contributed by atoms with van der Waals surface area (Å²) in [6.07, 6.45) is 4.62. The highest BCUT2D eigenvalue weighted by atomic mass is 16.5. The first-order valence-corrected chi connectivity index (χ1v) is 5.67. The fourth-order valence-corrected chi connectivity index (χ4v) is 2.09. The van der Waals surface area contributed by atoms with Gasteiger partial charge >= 0.3 is 5.97 Å². The lowest BCUT2D eigenvalue weighted by Crippen LogP contribution is -2.13. The maximum absolute atomic E-state index is 11.0. The van der Waals surface area contributed by atoms with Crippen LogP contribution in [0.2, 0.25) is 0 Å². The minimum Gasteiger partial charge on any atom is -0.490 e. The SMILES string of the molecule is Cc1ccc(C(=O)O)c(OC2CCCC2)c1. The highest BCUT2D eigenvalue weighted by Gasteiger charge is 2.19. The quantitative estimate of drug-likeness (QED) is 0.851. The fraction of sp³-hybridized carbons (Fsp3) is 0.462. The van der Waals surface area contributed by atoms with Crippen LogP contribution in [0.15, 0.2) is 18.2 Å². The van der Waals surface area contributed by atoms with E-state index >= 15 is 0 Å². The number of aryl methyl sites for hydroxylation is 1. The molecule has 0 atom stereocenters. The molecular weight excluding hydrogens is 204 g/mol. The molecule has 0 aromatic heterocycles. The molecule has 0 spiro atoms. The predicted octanol–water partition coefficient (Wildman–Crippen LogP) is 3.01. The van der Waals surface area contributed by atoms with E-state index in [4.69, 9.17) is 9.84 Å². The van der Waals surface area contributed by atoms with E-state index in [1.54, 1.807) is 12.1 Å². The lowest BCUT2D eigenvalue weighted by atomic mass is 10.1. The van der Waals surface area contributed by atoms with Gasteiger partial charge in [-0.05, 0) is 50.3 Å². The van der Waals surface area contributed by atoms with Crippen molar-refractivity contribution in [3.63, 3.8) is 0 Å². The van der Waals surface area contributed by atoms with Gasteiger partial charge in [0, 0.05) is 0 Å². The van der Waals surface area contributed by atoms with Crippen molar-refractivity contribution in [2.45, 2.75) is 38.7 Å². The highest BCUT2D eigenvalue weighted by molar-refractivity contribution is 5.90. The molecule has 1 N–H and O–H groups in total. The number of carbonyl (C=O) groups is 1. The maximum atomic E-state index is 11.0. The smallest absolute Gasteiger partial charge is 0.339 e. The van der Waals surface area contributed by atoms with Crippen LogP contribution in [0.5, 0.6) is 5.75 Å². The van der Waals surface area contributed by atoms with Crippen LogP contribution < -0.4 is 4.74 Å². The summed E-state index contributed by atoms with van der Waals surface area (Å²) in [7, 11) is 0. The molecule has 0 unspecified atom stereocenters. The summed E-state index contributed by atoms with van der Waals surface area (Å²) in [5.41, 5.74) is 1.29. The third-order valence-corrected chi connectivity index (χ3v) is 2.96. The van der Waals surface area contributed by atoms with E-state index in [2.05, 4.69) is 0 Å². The number of aromatic carboxylic acids is 1. The summed E-state index contributed by atoms with van der Waals surface area (Å²) in [5.74, 6) is -0.410. The van der Waals surface area contributed by atoms with Crippen LogP contribution >= 0.6 is 0 Å². The predicted molar refractivity (Wildman–Crippen MR) is 61.0 cm³/mol. The first kappa shape index (κ1) is 11.0. The van der Waals surface area contributed by atoms with E-state index in [0.717, 1.165) is 18.4 Å². The van der Waals surface area contributed by atoms with E-state index in [1.165, 1.54) is 12.8 Å². The van der Waals surface area contributed by atoms with Gasteiger partial charge in [-0.2, -0.15) is 0 Å². The van der Waals surface area contributed by atoms with Crippen LogP contribution in [0.1, 0.15) is 41.6 Å². The Bertz CT molecular complexity index is 392. The number of hydrogen-bond acceptors (Lipinski definition) is 2. The number of benzene rings is 1. The van der Waals surface area contributed by atoms with Crippen LogP contribution in [0.3, 0.4) is 0 Å². The van der Waals surface area contributed by atoms with Gasteiger partial charge in [0.1, 0.15) is 11.3 Å². The van der Waals surface area contributed by atoms with Gasteiger partial charge in [-0.1, -0.05) is 6.07 Å². The van der Waals surface area contributed by atoms with Crippen LogP contribution in [0, 0.1) is 6.92 Å². The van der Waals surface area contributed by atoms with Crippen molar-refractivity contribution in [3.8, 4) is 5.75 Å². The number of ether oxygens (including phenoxy) is 1. The Hall–Kier alpha value is -1.51. The Morgan fingerprint density at radius 3 is 2.69 bits per heavy atom. The fourth-order valence-electron chi connectivity index (χ4n) is 2.09. The molecular formula is C13H16O3. The van der Waals surface area contributed by atoms with Crippen molar-refractivity contribution >= 4 is 5.97 Å².